The van der Waals surface area contributed by atoms with Gasteiger partial charge in [-0.2, -0.15) is 0 Å². The number of nitrogens with zero attached hydrogens (tertiary/aromatic N) is 1. The van der Waals surface area contributed by atoms with Crippen LogP contribution in [0.1, 0.15) is 37.3 Å². The van der Waals surface area contributed by atoms with Crippen molar-refractivity contribution < 1.29 is 5.11 Å². The first-order chi connectivity index (χ1) is 9.15. The minimum absolute atomic E-state index is 0.243. The van der Waals surface area contributed by atoms with Gasteiger partial charge in [-0.1, -0.05) is 42.5 Å². The van der Waals surface area contributed by atoms with Crippen LogP contribution in [0, 0.1) is 0 Å². The van der Waals surface area contributed by atoms with E-state index < -0.39 is 0 Å². The van der Waals surface area contributed by atoms with E-state index >= 15 is 0 Å². The van der Waals surface area contributed by atoms with Gasteiger partial charge in [-0.3, -0.25) is 4.90 Å². The summed E-state index contributed by atoms with van der Waals surface area (Å²) in [7, 11) is 2.11. The Hall–Kier alpha value is -0.970. The van der Waals surface area contributed by atoms with Crippen LogP contribution in [0.3, 0.4) is 0 Å². The standard InChI is InChI=1S/C15H24N2OS/c1-17(10-6-3-7-11-18)14(12-15(16)19)13-8-4-2-5-9-13/h2,4-5,8-9,14,18H,3,6-7,10-12H2,1H3,(H2,16,19). The molecule has 106 valence electrons. The van der Waals surface area contributed by atoms with Crippen LogP contribution in [-0.2, 0) is 0 Å². The SMILES string of the molecule is CN(CCCCCO)C(CC(N)=S)c1ccccc1. The summed E-state index contributed by atoms with van der Waals surface area (Å²) < 4.78 is 0. The van der Waals surface area contributed by atoms with Crippen molar-refractivity contribution in [2.75, 3.05) is 20.2 Å². The highest BCUT2D eigenvalue weighted by molar-refractivity contribution is 7.80. The van der Waals surface area contributed by atoms with Crippen LogP contribution in [0.15, 0.2) is 30.3 Å². The fraction of sp³-hybridized carbons (Fsp3) is 0.533. The van der Waals surface area contributed by atoms with Gasteiger partial charge in [0, 0.05) is 19.1 Å². The first-order valence-electron chi connectivity index (χ1n) is 6.79. The molecule has 0 saturated heterocycles. The van der Waals surface area contributed by atoms with Gasteiger partial charge in [0.15, 0.2) is 0 Å². The van der Waals surface area contributed by atoms with Gasteiger partial charge in [0.25, 0.3) is 0 Å². The Bertz CT molecular complexity index is 370. The lowest BCUT2D eigenvalue weighted by Crippen LogP contribution is -2.29. The molecule has 0 fully saturated rings. The maximum Gasteiger partial charge on any atom is 0.0746 e. The number of unbranched alkanes of at least 4 members (excludes halogenated alkanes) is 2. The van der Waals surface area contributed by atoms with E-state index in [-0.39, 0.29) is 12.6 Å². The number of nitrogens with two attached hydrogens (primary N) is 1. The summed E-state index contributed by atoms with van der Waals surface area (Å²) in [4.78, 5) is 2.85. The molecule has 0 aliphatic carbocycles. The molecule has 4 heteroatoms. The normalized spacial score (nSPS) is 12.6. The van der Waals surface area contributed by atoms with Crippen LogP contribution < -0.4 is 5.73 Å². The molecule has 3 N–H and O–H groups in total. The fourth-order valence-electron chi connectivity index (χ4n) is 2.20. The molecule has 1 aromatic carbocycles. The minimum Gasteiger partial charge on any atom is -0.396 e. The van der Waals surface area contributed by atoms with Crippen molar-refractivity contribution in [3.63, 3.8) is 0 Å². The topological polar surface area (TPSA) is 49.5 Å². The lowest BCUT2D eigenvalue weighted by Gasteiger charge is -2.28. The molecule has 1 aromatic rings. The molecular formula is C15H24N2OS. The smallest absolute Gasteiger partial charge is 0.0746 e. The average Bonchev–Trinajstić information content (AvgIpc) is 2.41. The Morgan fingerprint density at radius 3 is 2.53 bits per heavy atom. The molecule has 0 aromatic heterocycles. The third-order valence-corrected chi connectivity index (χ3v) is 3.45. The quantitative estimate of drug-likeness (QED) is 0.539. The van der Waals surface area contributed by atoms with E-state index in [1.165, 1.54) is 5.56 Å². The number of thiocarbonyl (C=S) groups is 1. The first kappa shape index (κ1) is 16.1. The predicted molar refractivity (Wildman–Crippen MR) is 84.2 cm³/mol. The first-order valence-corrected chi connectivity index (χ1v) is 7.20. The Balaban J connectivity index is 2.60. The summed E-state index contributed by atoms with van der Waals surface area (Å²) in [6, 6.07) is 10.6. The third-order valence-electron chi connectivity index (χ3n) is 3.28. The van der Waals surface area contributed by atoms with Gasteiger partial charge >= 0.3 is 0 Å². The number of rotatable bonds is 9. The average molecular weight is 280 g/mol. The molecule has 0 aliphatic rings. The molecular weight excluding hydrogens is 256 g/mol. The van der Waals surface area contributed by atoms with E-state index in [0.717, 1.165) is 25.8 Å². The van der Waals surface area contributed by atoms with Gasteiger partial charge in [-0.15, -0.1) is 0 Å². The van der Waals surface area contributed by atoms with E-state index in [1.807, 2.05) is 18.2 Å². The van der Waals surface area contributed by atoms with Gasteiger partial charge in [0.1, 0.15) is 0 Å². The molecule has 0 amide bonds. The summed E-state index contributed by atoms with van der Waals surface area (Å²) >= 11 is 5.06. The van der Waals surface area contributed by atoms with E-state index in [2.05, 4.69) is 24.1 Å². The summed E-state index contributed by atoms with van der Waals surface area (Å²) in [6.45, 7) is 1.26. The van der Waals surface area contributed by atoms with Crippen LogP contribution in [-0.4, -0.2) is 35.2 Å². The summed E-state index contributed by atoms with van der Waals surface area (Å²) in [5, 5.41) is 8.79. The van der Waals surface area contributed by atoms with Crippen molar-refractivity contribution in [3.8, 4) is 0 Å². The van der Waals surface area contributed by atoms with Gasteiger partial charge in [0.05, 0.1) is 4.99 Å². The second-order valence-corrected chi connectivity index (χ2v) is 5.39. The second-order valence-electron chi connectivity index (χ2n) is 4.86. The molecule has 1 unspecified atom stereocenters. The molecule has 19 heavy (non-hydrogen) atoms. The molecule has 0 radical (unpaired) electrons. The lowest BCUT2D eigenvalue weighted by molar-refractivity contribution is 0.236. The molecule has 1 atom stereocenters. The zero-order chi connectivity index (χ0) is 14.1. The van der Waals surface area contributed by atoms with E-state index in [1.54, 1.807) is 0 Å². The summed E-state index contributed by atoms with van der Waals surface area (Å²) in [5.41, 5.74) is 6.97. The zero-order valence-corrected chi connectivity index (χ0v) is 12.4. The van der Waals surface area contributed by atoms with Crippen molar-refractivity contribution >= 4 is 17.2 Å². The second kappa shape index (κ2) is 9.02. The van der Waals surface area contributed by atoms with Crippen molar-refractivity contribution in [1.29, 1.82) is 0 Å². The Morgan fingerprint density at radius 2 is 1.95 bits per heavy atom. The van der Waals surface area contributed by atoms with Crippen LogP contribution in [0.5, 0.6) is 0 Å². The predicted octanol–water partition coefficient (Wildman–Crippen LogP) is 2.50. The van der Waals surface area contributed by atoms with Crippen LogP contribution in [0.25, 0.3) is 0 Å². The Morgan fingerprint density at radius 1 is 1.26 bits per heavy atom. The van der Waals surface area contributed by atoms with E-state index in [4.69, 9.17) is 23.1 Å². The van der Waals surface area contributed by atoms with Gasteiger partial charge in [0.2, 0.25) is 0 Å². The molecule has 0 aliphatic heterocycles. The van der Waals surface area contributed by atoms with Gasteiger partial charge in [-0.05, 0) is 38.4 Å². The number of hydrogen-bond acceptors (Lipinski definition) is 3. The molecule has 0 saturated carbocycles. The third kappa shape index (κ3) is 6.14. The van der Waals surface area contributed by atoms with Crippen LogP contribution in [0.4, 0.5) is 0 Å². The maximum absolute atomic E-state index is 8.79. The summed E-state index contributed by atoms with van der Waals surface area (Å²) in [6.07, 6.45) is 3.71. The number of aliphatic hydroxyl groups is 1. The molecule has 0 heterocycles. The number of aliphatic hydroxyl groups excluding tert-OH is 1. The van der Waals surface area contributed by atoms with Crippen molar-refractivity contribution in [2.45, 2.75) is 31.7 Å². The van der Waals surface area contributed by atoms with E-state index in [0.29, 0.717) is 11.4 Å². The van der Waals surface area contributed by atoms with Gasteiger partial charge < -0.3 is 10.8 Å². The largest absolute Gasteiger partial charge is 0.396 e. The highest BCUT2D eigenvalue weighted by Crippen LogP contribution is 2.23. The Labute approximate surface area is 121 Å². The molecule has 1 rings (SSSR count). The number of benzene rings is 1. The zero-order valence-electron chi connectivity index (χ0n) is 11.6. The van der Waals surface area contributed by atoms with Crippen molar-refractivity contribution in [2.24, 2.45) is 5.73 Å². The number of hydrogen-bond donors (Lipinski definition) is 2. The molecule has 3 nitrogen and oxygen atoms in total. The van der Waals surface area contributed by atoms with Crippen LogP contribution in [0.2, 0.25) is 0 Å². The van der Waals surface area contributed by atoms with Crippen LogP contribution >= 0.6 is 12.2 Å². The van der Waals surface area contributed by atoms with Crippen molar-refractivity contribution in [1.82, 2.24) is 4.90 Å². The Kier molecular flexibility index (Phi) is 7.63. The highest BCUT2D eigenvalue weighted by atomic mass is 32.1. The summed E-state index contributed by atoms with van der Waals surface area (Å²) in [5.74, 6) is 0. The highest BCUT2D eigenvalue weighted by Gasteiger charge is 2.17. The molecule has 0 spiro atoms. The van der Waals surface area contributed by atoms with Gasteiger partial charge in [-0.25, -0.2) is 0 Å². The monoisotopic (exact) mass is 280 g/mol. The lowest BCUT2D eigenvalue weighted by atomic mass is 10.0. The fourth-order valence-corrected chi connectivity index (χ4v) is 2.36. The van der Waals surface area contributed by atoms with E-state index in [9.17, 15) is 0 Å². The maximum atomic E-state index is 8.79. The molecule has 0 bridgehead atoms. The van der Waals surface area contributed by atoms with Crippen molar-refractivity contribution in [3.05, 3.63) is 35.9 Å². The minimum atomic E-state index is 0.243.